The second-order valence-electron chi connectivity index (χ2n) is 4.62. The van der Waals surface area contributed by atoms with Gasteiger partial charge in [-0.1, -0.05) is 12.1 Å². The smallest absolute Gasteiger partial charge is 0.119 e. The summed E-state index contributed by atoms with van der Waals surface area (Å²) in [6, 6.07) is 14.4. The topological polar surface area (TPSA) is 34.1 Å². The molecule has 20 heavy (non-hydrogen) atoms. The van der Waals surface area contributed by atoms with Gasteiger partial charge in [0.15, 0.2) is 0 Å². The number of benzene rings is 2. The Balaban J connectivity index is 1.75. The molecule has 0 unspecified atom stereocenters. The predicted molar refractivity (Wildman–Crippen MR) is 84.7 cm³/mol. The van der Waals surface area contributed by atoms with Gasteiger partial charge in [0, 0.05) is 12.2 Å². The number of anilines is 1. The molecule has 0 atom stereocenters. The summed E-state index contributed by atoms with van der Waals surface area (Å²) in [5.41, 5.74) is 3.38. The molecule has 1 N–H and O–H groups in total. The van der Waals surface area contributed by atoms with Crippen molar-refractivity contribution in [2.45, 2.75) is 13.5 Å². The number of nitrogens with zero attached hydrogens (tertiary/aromatic N) is 1. The van der Waals surface area contributed by atoms with Crippen LogP contribution in [0.2, 0.25) is 0 Å². The fraction of sp³-hybridized carbons (Fsp3) is 0.188. The fourth-order valence-electron chi connectivity index (χ4n) is 2.14. The van der Waals surface area contributed by atoms with Crippen molar-refractivity contribution in [1.29, 1.82) is 0 Å². The Morgan fingerprint density at radius 2 is 2.10 bits per heavy atom. The first-order valence-electron chi connectivity index (χ1n) is 6.48. The van der Waals surface area contributed by atoms with E-state index in [1.807, 2.05) is 25.1 Å². The fourth-order valence-corrected chi connectivity index (χ4v) is 3.00. The van der Waals surface area contributed by atoms with E-state index >= 15 is 0 Å². The molecule has 0 aliphatic heterocycles. The molecule has 4 heteroatoms. The van der Waals surface area contributed by atoms with Crippen LogP contribution in [0.4, 0.5) is 5.69 Å². The number of thiazole rings is 1. The molecule has 2 aromatic carbocycles. The first kappa shape index (κ1) is 12.9. The van der Waals surface area contributed by atoms with Crippen molar-refractivity contribution in [3.05, 3.63) is 53.0 Å². The van der Waals surface area contributed by atoms with Gasteiger partial charge in [0.05, 0.1) is 22.3 Å². The lowest BCUT2D eigenvalue weighted by molar-refractivity contribution is 0.414. The van der Waals surface area contributed by atoms with Gasteiger partial charge in [-0.05, 0) is 42.8 Å². The highest BCUT2D eigenvalue weighted by Crippen LogP contribution is 2.25. The number of nitrogens with one attached hydrogen (secondary N) is 1. The van der Waals surface area contributed by atoms with Gasteiger partial charge in [-0.2, -0.15) is 0 Å². The minimum Gasteiger partial charge on any atom is -0.497 e. The Morgan fingerprint density at radius 3 is 2.95 bits per heavy atom. The second kappa shape index (κ2) is 5.51. The van der Waals surface area contributed by atoms with Crippen LogP contribution in [0.25, 0.3) is 10.2 Å². The van der Waals surface area contributed by atoms with Gasteiger partial charge < -0.3 is 10.1 Å². The zero-order valence-electron chi connectivity index (χ0n) is 11.5. The molecule has 0 radical (unpaired) electrons. The third kappa shape index (κ3) is 2.75. The normalized spacial score (nSPS) is 10.7. The molecule has 3 nitrogen and oxygen atoms in total. The second-order valence-corrected chi connectivity index (χ2v) is 5.86. The average molecular weight is 284 g/mol. The highest BCUT2D eigenvalue weighted by molar-refractivity contribution is 7.18. The van der Waals surface area contributed by atoms with Gasteiger partial charge in [-0.25, -0.2) is 4.98 Å². The SMILES string of the molecule is COc1cccc(CNc2ccc3nc(C)sc3c2)c1. The van der Waals surface area contributed by atoms with Crippen LogP contribution in [0.1, 0.15) is 10.6 Å². The number of hydrogen-bond acceptors (Lipinski definition) is 4. The number of fused-ring (bicyclic) bond motifs is 1. The average Bonchev–Trinajstić information content (AvgIpc) is 2.84. The molecule has 0 amide bonds. The molecular weight excluding hydrogens is 268 g/mol. The molecule has 0 bridgehead atoms. The van der Waals surface area contributed by atoms with Gasteiger partial charge >= 0.3 is 0 Å². The maximum atomic E-state index is 5.23. The van der Waals surface area contributed by atoms with E-state index in [-0.39, 0.29) is 0 Å². The lowest BCUT2D eigenvalue weighted by Crippen LogP contribution is -1.99. The van der Waals surface area contributed by atoms with E-state index in [2.05, 4.69) is 34.6 Å². The van der Waals surface area contributed by atoms with Gasteiger partial charge in [-0.3, -0.25) is 0 Å². The van der Waals surface area contributed by atoms with Crippen LogP contribution in [0, 0.1) is 6.92 Å². The van der Waals surface area contributed by atoms with Gasteiger partial charge in [0.25, 0.3) is 0 Å². The minimum absolute atomic E-state index is 0.778. The van der Waals surface area contributed by atoms with Crippen LogP contribution in [0.3, 0.4) is 0 Å². The predicted octanol–water partition coefficient (Wildman–Crippen LogP) is 4.23. The van der Waals surface area contributed by atoms with E-state index in [0.29, 0.717) is 0 Å². The number of aryl methyl sites for hydroxylation is 1. The Hall–Kier alpha value is -2.07. The Labute approximate surface area is 122 Å². The highest BCUT2D eigenvalue weighted by Gasteiger charge is 2.02. The lowest BCUT2D eigenvalue weighted by Gasteiger charge is -2.08. The number of ether oxygens (including phenoxy) is 1. The van der Waals surface area contributed by atoms with E-state index < -0.39 is 0 Å². The largest absolute Gasteiger partial charge is 0.497 e. The molecule has 0 fully saturated rings. The van der Waals surface area contributed by atoms with Crippen LogP contribution >= 0.6 is 11.3 Å². The van der Waals surface area contributed by atoms with Gasteiger partial charge in [-0.15, -0.1) is 11.3 Å². The molecule has 0 saturated carbocycles. The molecule has 102 valence electrons. The molecule has 1 aromatic heterocycles. The van der Waals surface area contributed by atoms with Crippen LogP contribution in [0.15, 0.2) is 42.5 Å². The van der Waals surface area contributed by atoms with Crippen molar-refractivity contribution >= 4 is 27.2 Å². The Kier molecular flexibility index (Phi) is 3.56. The summed E-state index contributed by atoms with van der Waals surface area (Å²) in [6.07, 6.45) is 0. The first-order chi connectivity index (χ1) is 9.74. The molecule has 3 rings (SSSR count). The molecular formula is C16H16N2OS. The van der Waals surface area contributed by atoms with E-state index in [1.54, 1.807) is 18.4 Å². The lowest BCUT2D eigenvalue weighted by atomic mass is 10.2. The summed E-state index contributed by atoms with van der Waals surface area (Å²) in [7, 11) is 1.69. The van der Waals surface area contributed by atoms with E-state index in [4.69, 9.17) is 4.74 Å². The van der Waals surface area contributed by atoms with Crippen LogP contribution in [-0.2, 0) is 6.54 Å². The van der Waals surface area contributed by atoms with Crippen molar-refractivity contribution < 1.29 is 4.74 Å². The Bertz CT molecular complexity index is 736. The zero-order chi connectivity index (χ0) is 13.9. The summed E-state index contributed by atoms with van der Waals surface area (Å²) >= 11 is 1.72. The molecule has 0 aliphatic rings. The van der Waals surface area contributed by atoms with Crippen molar-refractivity contribution in [3.8, 4) is 5.75 Å². The summed E-state index contributed by atoms with van der Waals surface area (Å²) in [5, 5.41) is 4.54. The number of aromatic nitrogens is 1. The summed E-state index contributed by atoms with van der Waals surface area (Å²) in [6.45, 7) is 2.81. The maximum Gasteiger partial charge on any atom is 0.119 e. The molecule has 0 spiro atoms. The third-order valence-electron chi connectivity index (χ3n) is 3.13. The molecule has 0 saturated heterocycles. The minimum atomic E-state index is 0.778. The summed E-state index contributed by atoms with van der Waals surface area (Å²) in [4.78, 5) is 4.47. The van der Waals surface area contributed by atoms with E-state index in [9.17, 15) is 0 Å². The highest BCUT2D eigenvalue weighted by atomic mass is 32.1. The monoisotopic (exact) mass is 284 g/mol. The van der Waals surface area contributed by atoms with Gasteiger partial charge in [0.1, 0.15) is 5.75 Å². The molecule has 1 heterocycles. The number of methoxy groups -OCH3 is 1. The van der Waals surface area contributed by atoms with Crippen LogP contribution < -0.4 is 10.1 Å². The molecule has 0 aliphatic carbocycles. The summed E-state index contributed by atoms with van der Waals surface area (Å²) in [5.74, 6) is 0.887. The Morgan fingerprint density at radius 1 is 1.20 bits per heavy atom. The van der Waals surface area contributed by atoms with Crippen molar-refractivity contribution in [3.63, 3.8) is 0 Å². The van der Waals surface area contributed by atoms with Crippen LogP contribution in [-0.4, -0.2) is 12.1 Å². The van der Waals surface area contributed by atoms with Crippen LogP contribution in [0.5, 0.6) is 5.75 Å². The maximum absolute atomic E-state index is 5.23. The van der Waals surface area contributed by atoms with Crippen molar-refractivity contribution in [1.82, 2.24) is 4.98 Å². The van der Waals surface area contributed by atoms with E-state index in [0.717, 1.165) is 28.5 Å². The van der Waals surface area contributed by atoms with E-state index in [1.165, 1.54) is 10.3 Å². The third-order valence-corrected chi connectivity index (χ3v) is 4.06. The molecule has 3 aromatic rings. The van der Waals surface area contributed by atoms with Gasteiger partial charge in [0.2, 0.25) is 0 Å². The van der Waals surface area contributed by atoms with Crippen molar-refractivity contribution in [2.24, 2.45) is 0 Å². The summed E-state index contributed by atoms with van der Waals surface area (Å²) < 4.78 is 6.45. The quantitative estimate of drug-likeness (QED) is 0.778. The van der Waals surface area contributed by atoms with Crippen molar-refractivity contribution in [2.75, 3.05) is 12.4 Å². The number of rotatable bonds is 4. The first-order valence-corrected chi connectivity index (χ1v) is 7.30. The zero-order valence-corrected chi connectivity index (χ0v) is 12.3. The standard InChI is InChI=1S/C16H16N2OS/c1-11-18-15-7-6-13(9-16(15)20-11)17-10-12-4-3-5-14(8-12)19-2/h3-9,17H,10H2,1-2H3. The number of hydrogen-bond donors (Lipinski definition) is 1.